The summed E-state index contributed by atoms with van der Waals surface area (Å²) in [6.07, 6.45) is 0. The van der Waals surface area contributed by atoms with Crippen LogP contribution in [0.2, 0.25) is 0 Å². The molecule has 0 amide bonds. The molecule has 0 aliphatic rings. The second-order valence-electron chi connectivity index (χ2n) is 4.18. The second-order valence-corrected chi connectivity index (χ2v) is 4.18. The van der Waals surface area contributed by atoms with E-state index in [0.717, 1.165) is 29.7 Å². The Bertz CT molecular complexity index is 567. The zero-order valence-electron chi connectivity index (χ0n) is 11.2. The average molecular weight is 246 g/mol. The molecule has 0 saturated carbocycles. The highest BCUT2D eigenvalue weighted by atomic mass is 15.5. The van der Waals surface area contributed by atoms with Crippen LogP contribution in [0.15, 0.2) is 16.4 Å². The maximum absolute atomic E-state index is 4.37. The van der Waals surface area contributed by atoms with Gasteiger partial charge in [-0.15, -0.1) is 5.11 Å². The fraction of sp³-hybridized carbons (Fsp3) is 0.500. The molecule has 0 fully saturated rings. The highest BCUT2D eigenvalue weighted by Crippen LogP contribution is 2.26. The number of aryl methyl sites for hydroxylation is 2. The molecule has 0 aliphatic heterocycles. The molecule has 0 spiro atoms. The first-order chi connectivity index (χ1) is 8.65. The maximum Gasteiger partial charge on any atom is 0.183 e. The molecule has 0 atom stereocenters. The van der Waals surface area contributed by atoms with Crippen LogP contribution in [0.4, 0.5) is 5.82 Å². The van der Waals surface area contributed by atoms with Gasteiger partial charge in [-0.2, -0.15) is 5.10 Å². The van der Waals surface area contributed by atoms with Gasteiger partial charge in [0, 0.05) is 18.8 Å². The number of hydrogen-bond donors (Lipinski definition) is 1. The van der Waals surface area contributed by atoms with E-state index in [1.165, 1.54) is 0 Å². The van der Waals surface area contributed by atoms with Gasteiger partial charge in [-0.3, -0.25) is 10.1 Å². The van der Waals surface area contributed by atoms with E-state index >= 15 is 0 Å². The Labute approximate surface area is 106 Å². The normalized spacial score (nSPS) is 11.6. The third-order valence-corrected chi connectivity index (χ3v) is 2.83. The van der Waals surface area contributed by atoms with Crippen LogP contribution in [0, 0.1) is 13.8 Å². The van der Waals surface area contributed by atoms with Crippen molar-refractivity contribution in [2.75, 3.05) is 13.1 Å². The van der Waals surface area contributed by atoms with E-state index in [2.05, 4.69) is 25.5 Å². The fourth-order valence-electron chi connectivity index (χ4n) is 1.88. The van der Waals surface area contributed by atoms with Crippen LogP contribution in [-0.4, -0.2) is 33.3 Å². The molecule has 2 aromatic heterocycles. The van der Waals surface area contributed by atoms with Crippen LogP contribution in [0.25, 0.3) is 11.0 Å². The van der Waals surface area contributed by atoms with Crippen molar-refractivity contribution in [1.82, 2.24) is 20.2 Å². The molecule has 0 aliphatic carbocycles. The van der Waals surface area contributed by atoms with Gasteiger partial charge in [0.1, 0.15) is 0 Å². The summed E-state index contributed by atoms with van der Waals surface area (Å²) in [4.78, 5) is 4.37. The molecular formula is C12H18N6. The molecule has 0 radical (unpaired) electrons. The van der Waals surface area contributed by atoms with Gasteiger partial charge in [0.25, 0.3) is 0 Å². The smallest absolute Gasteiger partial charge is 0.183 e. The first-order valence-corrected chi connectivity index (χ1v) is 6.14. The van der Waals surface area contributed by atoms with Crippen molar-refractivity contribution in [1.29, 1.82) is 0 Å². The zero-order chi connectivity index (χ0) is 13.1. The lowest BCUT2D eigenvalue weighted by molar-refractivity contribution is 0.300. The lowest BCUT2D eigenvalue weighted by atomic mass is 10.2. The van der Waals surface area contributed by atoms with Gasteiger partial charge in [0.05, 0.1) is 5.39 Å². The van der Waals surface area contributed by atoms with Crippen LogP contribution >= 0.6 is 0 Å². The summed E-state index contributed by atoms with van der Waals surface area (Å²) in [5.74, 6) is 0.668. The summed E-state index contributed by atoms with van der Waals surface area (Å²) in [5.41, 5.74) is 2.76. The summed E-state index contributed by atoms with van der Waals surface area (Å²) < 4.78 is 0. The Kier molecular flexibility index (Phi) is 3.55. The summed E-state index contributed by atoms with van der Waals surface area (Å²) in [5, 5.41) is 18.3. The number of rotatable bonds is 4. The molecule has 6 nitrogen and oxygen atoms in total. The number of hydrogen-bond acceptors (Lipinski definition) is 4. The quantitative estimate of drug-likeness (QED) is 0.666. The van der Waals surface area contributed by atoms with Crippen LogP contribution in [0.3, 0.4) is 0 Å². The Balaban J connectivity index is 2.40. The molecule has 2 rings (SSSR count). The standard InChI is InChI=1S/C12H18N6/c1-5-18(6-2)17-16-12-10-8(3)7-9(4)13-11(10)14-15-12/h7H,5-6H2,1-4H3,(H,13,14,15)/b17-16+. The van der Waals surface area contributed by atoms with Gasteiger partial charge in [0.15, 0.2) is 11.5 Å². The summed E-state index contributed by atoms with van der Waals surface area (Å²) in [7, 11) is 0. The Morgan fingerprint density at radius 1 is 1.28 bits per heavy atom. The van der Waals surface area contributed by atoms with E-state index in [1.807, 2.05) is 38.8 Å². The minimum absolute atomic E-state index is 0.668. The van der Waals surface area contributed by atoms with Gasteiger partial charge < -0.3 is 0 Å². The lowest BCUT2D eigenvalue weighted by Gasteiger charge is -2.10. The van der Waals surface area contributed by atoms with Gasteiger partial charge >= 0.3 is 0 Å². The van der Waals surface area contributed by atoms with E-state index in [4.69, 9.17) is 0 Å². The summed E-state index contributed by atoms with van der Waals surface area (Å²) >= 11 is 0. The number of aromatic amines is 1. The topological polar surface area (TPSA) is 69.5 Å². The fourth-order valence-corrected chi connectivity index (χ4v) is 1.88. The molecule has 6 heteroatoms. The molecule has 2 heterocycles. The minimum Gasteiger partial charge on any atom is -0.279 e. The number of aromatic nitrogens is 3. The monoisotopic (exact) mass is 246 g/mol. The molecule has 0 aromatic carbocycles. The number of nitrogens with one attached hydrogen (secondary N) is 1. The van der Waals surface area contributed by atoms with E-state index in [1.54, 1.807) is 0 Å². The highest BCUT2D eigenvalue weighted by molar-refractivity contribution is 5.88. The van der Waals surface area contributed by atoms with E-state index in [0.29, 0.717) is 11.5 Å². The van der Waals surface area contributed by atoms with Crippen molar-refractivity contribution in [2.24, 2.45) is 10.3 Å². The number of H-pyrrole nitrogens is 1. The highest BCUT2D eigenvalue weighted by Gasteiger charge is 2.09. The molecule has 18 heavy (non-hydrogen) atoms. The molecule has 96 valence electrons. The van der Waals surface area contributed by atoms with Crippen LogP contribution < -0.4 is 0 Å². The predicted molar refractivity (Wildman–Crippen MR) is 70.8 cm³/mol. The Morgan fingerprint density at radius 3 is 2.67 bits per heavy atom. The predicted octanol–water partition coefficient (Wildman–Crippen LogP) is 2.92. The first-order valence-electron chi connectivity index (χ1n) is 6.14. The van der Waals surface area contributed by atoms with Gasteiger partial charge in [-0.1, -0.05) is 5.22 Å². The molecule has 1 N–H and O–H groups in total. The first kappa shape index (κ1) is 12.5. The minimum atomic E-state index is 0.668. The molecule has 2 aromatic rings. The SMILES string of the molecule is CCN(CC)/N=N/c1[nH]nc2nc(C)cc(C)c12. The van der Waals surface area contributed by atoms with Crippen molar-refractivity contribution < 1.29 is 0 Å². The number of nitrogens with zero attached hydrogens (tertiary/aromatic N) is 5. The largest absolute Gasteiger partial charge is 0.279 e. The van der Waals surface area contributed by atoms with Gasteiger partial charge in [-0.05, 0) is 39.3 Å². The van der Waals surface area contributed by atoms with Gasteiger partial charge in [-0.25, -0.2) is 4.98 Å². The van der Waals surface area contributed by atoms with E-state index < -0.39 is 0 Å². The second kappa shape index (κ2) is 5.12. The van der Waals surface area contributed by atoms with Crippen molar-refractivity contribution in [3.63, 3.8) is 0 Å². The van der Waals surface area contributed by atoms with Crippen LogP contribution in [0.1, 0.15) is 25.1 Å². The van der Waals surface area contributed by atoms with Crippen molar-refractivity contribution in [2.45, 2.75) is 27.7 Å². The summed E-state index contributed by atoms with van der Waals surface area (Å²) in [6.45, 7) is 9.75. The van der Waals surface area contributed by atoms with E-state index in [-0.39, 0.29) is 0 Å². The molecular weight excluding hydrogens is 228 g/mol. The Morgan fingerprint density at radius 2 is 2.00 bits per heavy atom. The van der Waals surface area contributed by atoms with Crippen LogP contribution in [-0.2, 0) is 0 Å². The van der Waals surface area contributed by atoms with Crippen molar-refractivity contribution in [3.05, 3.63) is 17.3 Å². The zero-order valence-corrected chi connectivity index (χ0v) is 11.2. The van der Waals surface area contributed by atoms with Gasteiger partial charge in [0.2, 0.25) is 0 Å². The third-order valence-electron chi connectivity index (χ3n) is 2.83. The Hall–Kier alpha value is -1.98. The average Bonchev–Trinajstić information content (AvgIpc) is 2.73. The van der Waals surface area contributed by atoms with E-state index in [9.17, 15) is 0 Å². The molecule has 0 bridgehead atoms. The molecule has 0 unspecified atom stereocenters. The van der Waals surface area contributed by atoms with Crippen LogP contribution in [0.5, 0.6) is 0 Å². The number of fused-ring (bicyclic) bond motifs is 1. The number of pyridine rings is 1. The van der Waals surface area contributed by atoms with Crippen molar-refractivity contribution >= 4 is 16.9 Å². The lowest BCUT2D eigenvalue weighted by Crippen LogP contribution is -2.14. The third kappa shape index (κ3) is 2.32. The molecule has 0 saturated heterocycles. The van der Waals surface area contributed by atoms with Crippen molar-refractivity contribution in [3.8, 4) is 0 Å². The summed E-state index contributed by atoms with van der Waals surface area (Å²) in [6, 6.07) is 2.02. The maximum atomic E-state index is 4.37.